The number of Topliss-reactive ketones (excluding diaryl/α,β-unsaturated/α-hetero) is 3. The number of unbranched alkanes of at least 4 members (excludes halogenated alkanes) is 9. The maximum atomic E-state index is 14.0. The summed E-state index contributed by atoms with van der Waals surface area (Å²) in [7, 11) is -8.42. The van der Waals surface area contributed by atoms with Crippen molar-refractivity contribution in [2.45, 2.75) is 304 Å². The molecule has 0 radical (unpaired) electrons. The quantitative estimate of drug-likeness (QED) is 0.0307. The molecule has 6 rings (SSSR count). The minimum absolute atomic E-state index is 0.00558. The van der Waals surface area contributed by atoms with E-state index in [4.69, 9.17) is 51.3 Å². The molecule has 23 atom stereocenters. The first-order chi connectivity index (χ1) is 50.5. The number of rotatable bonds is 51. The number of phosphoric ester groups is 2. The van der Waals surface area contributed by atoms with Gasteiger partial charge < -0.3 is 109 Å². The summed E-state index contributed by atoms with van der Waals surface area (Å²) in [5, 5.41) is 100. The Morgan fingerprint density at radius 1 is 0.387 bits per heavy atom. The molecule has 6 aliphatic rings. The first kappa shape index (κ1) is 91.8. The topological polar surface area (TPSA) is 491 Å². The van der Waals surface area contributed by atoms with E-state index in [1.54, 1.807) is 25.7 Å². The molecule has 12 N–H and O–H groups in total. The first-order valence-corrected chi connectivity index (χ1v) is 41.1. The molecule has 6 aliphatic heterocycles. The molecular weight excluding hydrogens is 1440 g/mol. The predicted octanol–water partition coefficient (Wildman–Crippen LogP) is 2.15. The van der Waals surface area contributed by atoms with Crippen molar-refractivity contribution in [3.63, 3.8) is 0 Å². The maximum absolute atomic E-state index is 14.0. The van der Waals surface area contributed by atoms with Crippen LogP contribution in [0.5, 0.6) is 0 Å². The second-order valence-electron chi connectivity index (χ2n) is 29.4. The summed E-state index contributed by atoms with van der Waals surface area (Å²) in [6.07, 6.45) is -5.65. The normalized spacial score (nSPS) is 32.5. The van der Waals surface area contributed by atoms with Gasteiger partial charge in [-0.15, -0.1) is 0 Å². The Morgan fingerprint density at radius 2 is 0.670 bits per heavy atom. The van der Waals surface area contributed by atoms with Crippen LogP contribution in [0.25, 0.3) is 0 Å². The summed E-state index contributed by atoms with van der Waals surface area (Å²) in [6, 6.07) is -2.26. The van der Waals surface area contributed by atoms with E-state index in [9.17, 15) is 98.7 Å². The van der Waals surface area contributed by atoms with Crippen LogP contribution in [0.15, 0.2) is 0 Å². The van der Waals surface area contributed by atoms with Crippen molar-refractivity contribution < 1.29 is 150 Å². The van der Waals surface area contributed by atoms with Crippen LogP contribution in [-0.4, -0.2) is 307 Å². The number of carbonyl (C=O) groups excluding carboxylic acids is 6. The van der Waals surface area contributed by atoms with Crippen LogP contribution >= 0.6 is 15.6 Å². The number of aliphatic hydroxyl groups excluding tert-OH is 10. The molecule has 0 aromatic rings. The molecular formula is C70H123N3O31P2. The molecule has 6 fully saturated rings. The Morgan fingerprint density at radius 3 is 0.981 bits per heavy atom. The summed E-state index contributed by atoms with van der Waals surface area (Å²) in [5.74, 6) is -2.55. The zero-order chi connectivity index (χ0) is 77.7. The lowest BCUT2D eigenvalue weighted by atomic mass is 9.92. The number of aliphatic hydroxyl groups is 10. The summed E-state index contributed by atoms with van der Waals surface area (Å²) in [6.45, 7) is 2.70. The molecule has 0 spiro atoms. The number of ketones is 3. The molecule has 36 heteroatoms. The van der Waals surface area contributed by atoms with Crippen LogP contribution in [0.1, 0.15) is 194 Å². The van der Waals surface area contributed by atoms with Gasteiger partial charge in [-0.05, 0) is 77.0 Å². The van der Waals surface area contributed by atoms with Crippen molar-refractivity contribution in [3.05, 3.63) is 0 Å². The smallest absolute Gasteiger partial charge is 0.394 e. The number of carbonyl (C=O) groups is 6. The highest BCUT2D eigenvalue weighted by atomic mass is 31.2. The van der Waals surface area contributed by atoms with Gasteiger partial charge in [-0.1, -0.05) is 59.3 Å². The third-order valence-corrected chi connectivity index (χ3v) is 23.0. The average Bonchev–Trinajstić information content (AvgIpc) is 1.59. The number of phosphoric acid groups is 2. The lowest BCUT2D eigenvalue weighted by molar-refractivity contribution is -0.282. The van der Waals surface area contributed by atoms with E-state index in [-0.39, 0.29) is 139 Å². The molecule has 0 saturated carbocycles. The fourth-order valence-corrected chi connectivity index (χ4v) is 16.4. The molecule has 614 valence electrons. The van der Waals surface area contributed by atoms with Gasteiger partial charge in [0, 0.05) is 102 Å². The molecule has 0 aromatic carbocycles. The van der Waals surface area contributed by atoms with Crippen molar-refractivity contribution in [2.75, 3.05) is 86.2 Å². The van der Waals surface area contributed by atoms with Gasteiger partial charge in [0.05, 0.1) is 114 Å². The Kier molecular flexibility index (Phi) is 40.6. The zero-order valence-corrected chi connectivity index (χ0v) is 63.8. The molecule has 0 aliphatic carbocycles. The SMILES string of the molecule is COC[C@@H]1C[C@@H](OP(=O)(O)OC[C@@H]2C[C@@H](OP(=O)(O)OC[C@@H]3C[C@@H](O)CN3C(=O)CCCCCCC(=O)CCCO[C@@H]3OC(CO)[C@H](O)[C@H](O)C3C)CN2C(=O)CCCCCCC(=O)CCCO[C@@H]2OC(CO)[C@H](O)[C@H](O)C2C)CN1C(=O)CCCCCCC(=O)CCCO[C@@H]1OC(CO)[C@H](O)[C@H](O)C1C. The number of β-amino-alcohol motifs (C(OH)–C–C–N with tert-alkyl or cyclic N) is 1. The maximum Gasteiger partial charge on any atom is 0.472 e. The van der Waals surface area contributed by atoms with Gasteiger partial charge in [0.25, 0.3) is 0 Å². The molecule has 6 saturated heterocycles. The van der Waals surface area contributed by atoms with Crippen LogP contribution in [-0.2, 0) is 89.2 Å². The van der Waals surface area contributed by atoms with Gasteiger partial charge in [-0.25, -0.2) is 9.13 Å². The molecule has 106 heavy (non-hydrogen) atoms. The molecule has 3 amide bonds. The number of hydrogen-bond acceptors (Lipinski definition) is 29. The number of ether oxygens (including phenoxy) is 7. The molecule has 0 aromatic heterocycles. The Hall–Kier alpha value is -3.04. The van der Waals surface area contributed by atoms with E-state index in [1.165, 1.54) is 16.9 Å². The highest BCUT2D eigenvalue weighted by molar-refractivity contribution is 7.47. The Labute approximate surface area is 621 Å². The second kappa shape index (κ2) is 46.8. The van der Waals surface area contributed by atoms with Crippen molar-refractivity contribution in [2.24, 2.45) is 17.8 Å². The first-order valence-electron chi connectivity index (χ1n) is 38.1. The van der Waals surface area contributed by atoms with Gasteiger partial charge in [-0.3, -0.25) is 46.9 Å². The standard InChI is InChI=1S/C70H123N3O31P2/c1-44-62(84)65(87)56(38-74)100-68(44)95-29-17-23-50(77)20-11-5-8-14-26-59(81)71-35-53(80)32-47(71)42-98-105(90,91)104-55-34-49(73(37-55)61(83)28-16-10-7-13-22-52(79)25-19-31-97-70-46(3)64(86)67(89)58(40-76)102-70)43-99-106(92,93)103-54-33-48(41-94-4)72(36-54)60(82)27-15-9-6-12-21-51(78)24-18-30-96-69-45(2)63(85)66(88)57(39-75)101-69/h44-49,53-58,62-70,74-76,80,84-89H,5-43H2,1-4H3,(H,90,91)(H,92,93)/t44?,45?,46?,47-,48-,49-,53+,54+,55+,56?,57?,58?,62+,63+,64+,65-,66-,67-,68+,69+,70+/m0/s1. The summed E-state index contributed by atoms with van der Waals surface area (Å²) in [4.78, 5) is 106. The fourth-order valence-electron chi connectivity index (χ4n) is 14.5. The molecule has 0 bridgehead atoms. The Balaban J connectivity index is 0.929. The highest BCUT2D eigenvalue weighted by Gasteiger charge is 2.48. The average molecular weight is 1560 g/mol. The van der Waals surface area contributed by atoms with Crippen molar-refractivity contribution in [3.8, 4) is 0 Å². The number of methoxy groups -OCH3 is 1. The van der Waals surface area contributed by atoms with Crippen molar-refractivity contribution >= 4 is 50.7 Å². The van der Waals surface area contributed by atoms with E-state index < -0.39 is 183 Å². The summed E-state index contributed by atoms with van der Waals surface area (Å²) >= 11 is 0. The van der Waals surface area contributed by atoms with Crippen LogP contribution in [0.4, 0.5) is 0 Å². The van der Waals surface area contributed by atoms with Crippen LogP contribution < -0.4 is 0 Å². The molecule has 8 unspecified atom stereocenters. The number of hydrogen-bond donors (Lipinski definition) is 12. The zero-order valence-electron chi connectivity index (χ0n) is 62.1. The molecule has 6 heterocycles. The number of nitrogens with zero attached hydrogens (tertiary/aromatic N) is 3. The van der Waals surface area contributed by atoms with Crippen LogP contribution in [0, 0.1) is 17.8 Å². The van der Waals surface area contributed by atoms with E-state index in [1.807, 2.05) is 0 Å². The summed E-state index contributed by atoms with van der Waals surface area (Å²) < 4.78 is 89.0. The van der Waals surface area contributed by atoms with Gasteiger partial charge in [0.1, 0.15) is 54.0 Å². The lowest BCUT2D eigenvalue weighted by Gasteiger charge is -2.40. The van der Waals surface area contributed by atoms with E-state index in [2.05, 4.69) is 0 Å². The van der Waals surface area contributed by atoms with E-state index in [0.717, 1.165) is 0 Å². The fraction of sp³-hybridized carbons (Fsp3) is 0.914. The number of amides is 3. The van der Waals surface area contributed by atoms with Crippen LogP contribution in [0.3, 0.4) is 0 Å². The lowest BCUT2D eigenvalue weighted by Crippen LogP contribution is -2.55. The van der Waals surface area contributed by atoms with Crippen molar-refractivity contribution in [1.82, 2.24) is 14.7 Å². The van der Waals surface area contributed by atoms with Gasteiger partial charge in [-0.2, -0.15) is 0 Å². The van der Waals surface area contributed by atoms with Crippen LogP contribution in [0.2, 0.25) is 0 Å². The third kappa shape index (κ3) is 29.8. The highest BCUT2D eigenvalue weighted by Crippen LogP contribution is 2.50. The monoisotopic (exact) mass is 1560 g/mol. The van der Waals surface area contributed by atoms with Gasteiger partial charge in [0.2, 0.25) is 17.7 Å². The second-order valence-corrected chi connectivity index (χ2v) is 32.2. The molecule has 34 nitrogen and oxygen atoms in total. The van der Waals surface area contributed by atoms with E-state index >= 15 is 0 Å². The van der Waals surface area contributed by atoms with Crippen molar-refractivity contribution in [1.29, 1.82) is 0 Å². The number of likely N-dealkylation sites (tertiary alicyclic amines) is 3. The Bertz CT molecular complexity index is 2740. The largest absolute Gasteiger partial charge is 0.472 e. The van der Waals surface area contributed by atoms with Gasteiger partial charge >= 0.3 is 15.6 Å². The van der Waals surface area contributed by atoms with Gasteiger partial charge in [0.15, 0.2) is 18.9 Å². The predicted molar refractivity (Wildman–Crippen MR) is 374 cm³/mol. The van der Waals surface area contributed by atoms with E-state index in [0.29, 0.717) is 109 Å². The minimum atomic E-state index is -4.95. The third-order valence-electron chi connectivity index (χ3n) is 20.9. The minimum Gasteiger partial charge on any atom is -0.394 e. The summed E-state index contributed by atoms with van der Waals surface area (Å²) in [5.41, 5.74) is 0.